The zero-order chi connectivity index (χ0) is 14.6. The van der Waals surface area contributed by atoms with Gasteiger partial charge in [-0.05, 0) is 18.1 Å². The van der Waals surface area contributed by atoms with Crippen molar-refractivity contribution < 1.29 is 23.4 Å². The van der Waals surface area contributed by atoms with E-state index < -0.39 is 0 Å². The second-order valence-corrected chi connectivity index (χ2v) is 4.32. The minimum absolute atomic E-state index is 0.00635. The SMILES string of the molecule is COCCOCCCOCC(=O)Cc1ccccc1F. The van der Waals surface area contributed by atoms with Gasteiger partial charge in [-0.1, -0.05) is 18.2 Å². The van der Waals surface area contributed by atoms with Crippen molar-refractivity contribution in [3.8, 4) is 0 Å². The third-order valence-electron chi connectivity index (χ3n) is 2.62. The Morgan fingerprint density at radius 3 is 2.60 bits per heavy atom. The standard InChI is InChI=1S/C15H21FO4/c1-18-9-10-19-7-4-8-20-12-14(17)11-13-5-2-3-6-15(13)16/h2-3,5-6H,4,7-12H2,1H3. The van der Waals surface area contributed by atoms with E-state index in [1.165, 1.54) is 6.07 Å². The summed E-state index contributed by atoms with van der Waals surface area (Å²) in [6.45, 7) is 2.16. The molecule has 112 valence electrons. The predicted molar refractivity (Wildman–Crippen MR) is 73.2 cm³/mol. The van der Waals surface area contributed by atoms with Crippen molar-refractivity contribution in [1.29, 1.82) is 0 Å². The van der Waals surface area contributed by atoms with Gasteiger partial charge < -0.3 is 14.2 Å². The van der Waals surface area contributed by atoms with Crippen LogP contribution in [0.5, 0.6) is 0 Å². The number of ketones is 1. The molecule has 0 unspecified atom stereocenters. The molecule has 0 bridgehead atoms. The van der Waals surface area contributed by atoms with Crippen LogP contribution in [0.3, 0.4) is 0 Å². The van der Waals surface area contributed by atoms with Crippen molar-refractivity contribution in [3.63, 3.8) is 0 Å². The molecule has 0 aromatic heterocycles. The first kappa shape index (κ1) is 16.8. The van der Waals surface area contributed by atoms with Gasteiger partial charge in [-0.15, -0.1) is 0 Å². The number of Topliss-reactive ketones (excluding diaryl/α,β-unsaturated/α-hetero) is 1. The number of carbonyl (C=O) groups is 1. The molecule has 4 nitrogen and oxygen atoms in total. The van der Waals surface area contributed by atoms with Crippen LogP contribution in [0, 0.1) is 5.82 Å². The Kier molecular flexibility index (Phi) is 8.78. The van der Waals surface area contributed by atoms with Crippen molar-refractivity contribution in [2.45, 2.75) is 12.8 Å². The quantitative estimate of drug-likeness (QED) is 0.583. The highest BCUT2D eigenvalue weighted by atomic mass is 19.1. The van der Waals surface area contributed by atoms with E-state index in [0.29, 0.717) is 32.0 Å². The van der Waals surface area contributed by atoms with Crippen molar-refractivity contribution in [2.24, 2.45) is 0 Å². The lowest BCUT2D eigenvalue weighted by molar-refractivity contribution is -0.123. The maximum Gasteiger partial charge on any atom is 0.162 e. The van der Waals surface area contributed by atoms with Gasteiger partial charge >= 0.3 is 0 Å². The van der Waals surface area contributed by atoms with E-state index in [4.69, 9.17) is 14.2 Å². The average molecular weight is 284 g/mol. The number of hydrogen-bond donors (Lipinski definition) is 0. The molecular formula is C15H21FO4. The Labute approximate surface area is 118 Å². The molecule has 0 fully saturated rings. The summed E-state index contributed by atoms with van der Waals surface area (Å²) in [6, 6.07) is 6.27. The van der Waals surface area contributed by atoms with E-state index in [9.17, 15) is 9.18 Å². The monoisotopic (exact) mass is 284 g/mol. The lowest BCUT2D eigenvalue weighted by atomic mass is 10.1. The predicted octanol–water partition coefficient (Wildman–Crippen LogP) is 2.01. The summed E-state index contributed by atoms with van der Waals surface area (Å²) in [5, 5.41) is 0. The first-order valence-electron chi connectivity index (χ1n) is 6.63. The molecule has 0 aliphatic heterocycles. The molecule has 20 heavy (non-hydrogen) atoms. The number of halogens is 1. The van der Waals surface area contributed by atoms with Gasteiger partial charge in [-0.25, -0.2) is 4.39 Å². The fourth-order valence-corrected chi connectivity index (χ4v) is 1.60. The van der Waals surface area contributed by atoms with E-state index in [1.807, 2.05) is 0 Å². The molecule has 1 aromatic carbocycles. The summed E-state index contributed by atoms with van der Waals surface area (Å²) in [4.78, 5) is 11.6. The van der Waals surface area contributed by atoms with Crippen molar-refractivity contribution in [1.82, 2.24) is 0 Å². The minimum atomic E-state index is -0.354. The number of benzene rings is 1. The molecule has 0 saturated carbocycles. The molecule has 0 saturated heterocycles. The molecule has 0 heterocycles. The molecule has 0 spiro atoms. The van der Waals surface area contributed by atoms with E-state index >= 15 is 0 Å². The van der Waals surface area contributed by atoms with Crippen LogP contribution in [0.15, 0.2) is 24.3 Å². The highest BCUT2D eigenvalue weighted by Crippen LogP contribution is 2.07. The molecule has 0 amide bonds. The molecule has 1 aromatic rings. The number of ether oxygens (including phenoxy) is 3. The van der Waals surface area contributed by atoms with Crippen molar-refractivity contribution in [2.75, 3.05) is 40.1 Å². The number of carbonyl (C=O) groups excluding carboxylic acids is 1. The van der Waals surface area contributed by atoms with Gasteiger partial charge in [-0.2, -0.15) is 0 Å². The first-order chi connectivity index (χ1) is 9.74. The summed E-state index contributed by atoms with van der Waals surface area (Å²) >= 11 is 0. The Balaban J connectivity index is 2.05. The van der Waals surface area contributed by atoms with E-state index in [1.54, 1.807) is 25.3 Å². The van der Waals surface area contributed by atoms with Gasteiger partial charge in [0.2, 0.25) is 0 Å². The molecule has 0 atom stereocenters. The largest absolute Gasteiger partial charge is 0.382 e. The normalized spacial score (nSPS) is 10.7. The smallest absolute Gasteiger partial charge is 0.162 e. The fourth-order valence-electron chi connectivity index (χ4n) is 1.60. The highest BCUT2D eigenvalue weighted by Gasteiger charge is 2.07. The molecule has 0 radical (unpaired) electrons. The lowest BCUT2D eigenvalue weighted by Gasteiger charge is -2.05. The van der Waals surface area contributed by atoms with Crippen LogP contribution in [0.4, 0.5) is 4.39 Å². The molecule has 5 heteroatoms. The van der Waals surface area contributed by atoms with E-state index in [2.05, 4.69) is 0 Å². The maximum absolute atomic E-state index is 13.3. The topological polar surface area (TPSA) is 44.8 Å². The first-order valence-corrected chi connectivity index (χ1v) is 6.63. The van der Waals surface area contributed by atoms with Crippen LogP contribution in [-0.4, -0.2) is 45.9 Å². The van der Waals surface area contributed by atoms with Gasteiger partial charge in [0, 0.05) is 26.7 Å². The number of rotatable bonds is 11. The average Bonchev–Trinajstić information content (AvgIpc) is 2.44. The van der Waals surface area contributed by atoms with Crippen LogP contribution >= 0.6 is 0 Å². The molecular weight excluding hydrogens is 263 g/mol. The van der Waals surface area contributed by atoms with Crippen LogP contribution in [0.1, 0.15) is 12.0 Å². The summed E-state index contributed by atoms with van der Waals surface area (Å²) < 4.78 is 28.6. The van der Waals surface area contributed by atoms with Crippen LogP contribution < -0.4 is 0 Å². The molecule has 0 aliphatic carbocycles. The highest BCUT2D eigenvalue weighted by molar-refractivity contribution is 5.82. The Bertz CT molecular complexity index is 395. The number of methoxy groups -OCH3 is 1. The Morgan fingerprint density at radius 2 is 1.85 bits per heavy atom. The second kappa shape index (κ2) is 10.5. The van der Waals surface area contributed by atoms with Gasteiger partial charge in [0.05, 0.1) is 13.2 Å². The summed E-state index contributed by atoms with van der Waals surface area (Å²) in [5.41, 5.74) is 0.406. The Hall–Kier alpha value is -1.30. The Morgan fingerprint density at radius 1 is 1.10 bits per heavy atom. The van der Waals surface area contributed by atoms with Crippen LogP contribution in [0.25, 0.3) is 0 Å². The number of hydrogen-bond acceptors (Lipinski definition) is 4. The lowest BCUT2D eigenvalue weighted by Crippen LogP contribution is -2.14. The fraction of sp³-hybridized carbons (Fsp3) is 0.533. The van der Waals surface area contributed by atoms with E-state index in [-0.39, 0.29) is 24.6 Å². The van der Waals surface area contributed by atoms with Crippen LogP contribution in [-0.2, 0) is 25.4 Å². The maximum atomic E-state index is 13.3. The van der Waals surface area contributed by atoms with Gasteiger partial charge in [0.1, 0.15) is 12.4 Å². The second-order valence-electron chi connectivity index (χ2n) is 4.32. The van der Waals surface area contributed by atoms with Crippen LogP contribution in [0.2, 0.25) is 0 Å². The van der Waals surface area contributed by atoms with E-state index in [0.717, 1.165) is 6.42 Å². The third kappa shape index (κ3) is 7.33. The van der Waals surface area contributed by atoms with Gasteiger partial charge in [0.25, 0.3) is 0 Å². The summed E-state index contributed by atoms with van der Waals surface area (Å²) in [6.07, 6.45) is 0.785. The zero-order valence-corrected chi connectivity index (χ0v) is 11.8. The van der Waals surface area contributed by atoms with Crippen molar-refractivity contribution in [3.05, 3.63) is 35.6 Å². The molecule has 1 rings (SSSR count). The van der Waals surface area contributed by atoms with Crippen molar-refractivity contribution >= 4 is 5.78 Å². The molecule has 0 aliphatic rings. The summed E-state index contributed by atoms with van der Waals surface area (Å²) in [5.74, 6) is -0.484. The minimum Gasteiger partial charge on any atom is -0.382 e. The zero-order valence-electron chi connectivity index (χ0n) is 11.8. The van der Waals surface area contributed by atoms with Gasteiger partial charge in [0.15, 0.2) is 5.78 Å². The summed E-state index contributed by atoms with van der Waals surface area (Å²) in [7, 11) is 1.62. The van der Waals surface area contributed by atoms with Gasteiger partial charge in [-0.3, -0.25) is 4.79 Å². The molecule has 0 N–H and O–H groups in total. The third-order valence-corrected chi connectivity index (χ3v) is 2.62.